The van der Waals surface area contributed by atoms with Gasteiger partial charge in [0, 0.05) is 22.8 Å². The maximum Gasteiger partial charge on any atom is 0.329 e. The molecule has 0 bridgehead atoms. The summed E-state index contributed by atoms with van der Waals surface area (Å²) in [6.45, 7) is 9.68. The van der Waals surface area contributed by atoms with E-state index in [0.29, 0.717) is 5.69 Å². The van der Waals surface area contributed by atoms with Crippen LogP contribution >= 0.6 is 0 Å². The molecule has 2 N–H and O–H groups in total. The number of rotatable bonds is 5. The van der Waals surface area contributed by atoms with E-state index in [9.17, 15) is 14.4 Å². The van der Waals surface area contributed by atoms with E-state index in [1.54, 1.807) is 12.1 Å². The van der Waals surface area contributed by atoms with Crippen molar-refractivity contribution in [2.45, 2.75) is 34.6 Å². The lowest BCUT2D eigenvalue weighted by Crippen LogP contribution is -2.38. The first-order chi connectivity index (χ1) is 16.1. The molecule has 0 saturated carbocycles. The quantitative estimate of drug-likeness (QED) is 0.436. The summed E-state index contributed by atoms with van der Waals surface area (Å²) in [5.41, 5.74) is 8.01. The minimum Gasteiger partial charge on any atom is -0.325 e. The van der Waals surface area contributed by atoms with Gasteiger partial charge in [-0.25, -0.2) is 9.69 Å². The van der Waals surface area contributed by atoms with Crippen molar-refractivity contribution in [1.82, 2.24) is 14.8 Å². The van der Waals surface area contributed by atoms with Gasteiger partial charge in [-0.3, -0.25) is 9.59 Å². The molecule has 34 heavy (non-hydrogen) atoms. The lowest BCUT2D eigenvalue weighted by atomic mass is 10.1. The smallest absolute Gasteiger partial charge is 0.325 e. The molecular formula is C27H28N4O3. The van der Waals surface area contributed by atoms with Crippen LogP contribution in [-0.4, -0.2) is 33.9 Å². The first kappa shape index (κ1) is 23.0. The van der Waals surface area contributed by atoms with Crippen LogP contribution in [0.3, 0.4) is 0 Å². The summed E-state index contributed by atoms with van der Waals surface area (Å²) in [4.78, 5) is 38.7. The number of hydrogen-bond donors (Lipinski definition) is 2. The third-order valence-electron chi connectivity index (χ3n) is 6.08. The highest BCUT2D eigenvalue weighted by molar-refractivity contribution is 6.16. The number of urea groups is 1. The van der Waals surface area contributed by atoms with Gasteiger partial charge in [0.25, 0.3) is 5.91 Å². The van der Waals surface area contributed by atoms with E-state index in [0.717, 1.165) is 33.1 Å². The van der Waals surface area contributed by atoms with Crippen molar-refractivity contribution in [3.8, 4) is 5.69 Å². The average molecular weight is 457 g/mol. The topological polar surface area (TPSA) is 83.4 Å². The molecule has 7 nitrogen and oxygen atoms in total. The minimum atomic E-state index is -0.612. The fourth-order valence-corrected chi connectivity index (χ4v) is 4.13. The lowest BCUT2D eigenvalue weighted by molar-refractivity contribution is -0.127. The molecule has 1 aromatic heterocycles. The van der Waals surface area contributed by atoms with E-state index >= 15 is 0 Å². The molecule has 2 aromatic carbocycles. The fraction of sp³-hybridized carbons (Fsp3) is 0.222. The monoisotopic (exact) mass is 456 g/mol. The Morgan fingerprint density at radius 2 is 1.74 bits per heavy atom. The van der Waals surface area contributed by atoms with Crippen LogP contribution in [0.1, 0.15) is 33.6 Å². The molecule has 4 rings (SSSR count). The molecule has 1 fully saturated rings. The van der Waals surface area contributed by atoms with Gasteiger partial charge in [0.15, 0.2) is 0 Å². The number of anilines is 1. The van der Waals surface area contributed by atoms with Gasteiger partial charge >= 0.3 is 6.03 Å². The van der Waals surface area contributed by atoms with Crippen LogP contribution in [-0.2, 0) is 9.59 Å². The summed E-state index contributed by atoms with van der Waals surface area (Å²) in [6, 6.07) is 15.0. The number of nitrogens with one attached hydrogen (secondary N) is 2. The molecule has 0 spiro atoms. The average Bonchev–Trinajstić information content (AvgIpc) is 3.19. The maximum absolute atomic E-state index is 12.9. The number of benzene rings is 2. The number of hydrogen-bond acceptors (Lipinski definition) is 3. The largest absolute Gasteiger partial charge is 0.329 e. The van der Waals surface area contributed by atoms with Crippen LogP contribution in [0.25, 0.3) is 11.8 Å². The van der Waals surface area contributed by atoms with Crippen molar-refractivity contribution in [3.63, 3.8) is 0 Å². The maximum atomic E-state index is 12.9. The van der Waals surface area contributed by atoms with E-state index in [1.165, 1.54) is 11.1 Å². The Balaban J connectivity index is 1.54. The van der Waals surface area contributed by atoms with Crippen molar-refractivity contribution in [2.24, 2.45) is 0 Å². The molecule has 0 radical (unpaired) electrons. The van der Waals surface area contributed by atoms with Crippen molar-refractivity contribution in [2.75, 3.05) is 11.9 Å². The first-order valence-corrected chi connectivity index (χ1v) is 11.1. The SMILES string of the molecule is Cc1cccc(NC(=O)CN2C(=O)N/C(=C/c3cc(C)n(-c4ccc(C)c(C)c4)c3C)C2=O)c1. The molecule has 174 valence electrons. The third-order valence-corrected chi connectivity index (χ3v) is 6.08. The molecule has 1 saturated heterocycles. The molecule has 4 amide bonds. The molecule has 7 heteroatoms. The van der Waals surface area contributed by atoms with Crippen LogP contribution in [0.2, 0.25) is 0 Å². The molecular weight excluding hydrogens is 428 g/mol. The van der Waals surface area contributed by atoms with E-state index in [1.807, 2.05) is 45.0 Å². The minimum absolute atomic E-state index is 0.147. The Morgan fingerprint density at radius 3 is 2.44 bits per heavy atom. The van der Waals surface area contributed by atoms with E-state index in [-0.39, 0.29) is 12.2 Å². The van der Waals surface area contributed by atoms with Crippen molar-refractivity contribution in [3.05, 3.63) is 87.9 Å². The van der Waals surface area contributed by atoms with Gasteiger partial charge in [0.2, 0.25) is 5.91 Å². The number of amides is 4. The molecule has 0 unspecified atom stereocenters. The second kappa shape index (κ2) is 9.02. The number of imide groups is 1. The van der Waals surface area contributed by atoms with Gasteiger partial charge in [-0.05, 0) is 93.3 Å². The Hall–Kier alpha value is -4.13. The highest BCUT2D eigenvalue weighted by Crippen LogP contribution is 2.25. The van der Waals surface area contributed by atoms with Gasteiger partial charge < -0.3 is 15.2 Å². The summed E-state index contributed by atoms with van der Waals surface area (Å²) >= 11 is 0. The summed E-state index contributed by atoms with van der Waals surface area (Å²) in [7, 11) is 0. The van der Waals surface area contributed by atoms with Crippen LogP contribution in [0.4, 0.5) is 10.5 Å². The summed E-state index contributed by atoms with van der Waals surface area (Å²) in [5, 5.41) is 5.33. The number of aromatic nitrogens is 1. The van der Waals surface area contributed by atoms with Gasteiger partial charge in [0.1, 0.15) is 12.2 Å². The number of aryl methyl sites for hydroxylation is 4. The van der Waals surface area contributed by atoms with E-state index < -0.39 is 17.8 Å². The second-order valence-corrected chi connectivity index (χ2v) is 8.73. The Labute approximate surface area is 199 Å². The Bertz CT molecular complexity index is 1350. The van der Waals surface area contributed by atoms with Gasteiger partial charge in [-0.2, -0.15) is 0 Å². The predicted octanol–water partition coefficient (Wildman–Crippen LogP) is 4.55. The zero-order valence-corrected chi connectivity index (χ0v) is 20.0. The van der Waals surface area contributed by atoms with Gasteiger partial charge in [0.05, 0.1) is 0 Å². The van der Waals surface area contributed by atoms with Crippen LogP contribution < -0.4 is 10.6 Å². The lowest BCUT2D eigenvalue weighted by Gasteiger charge is -2.12. The number of carbonyl (C=O) groups excluding carboxylic acids is 3. The van der Waals surface area contributed by atoms with Crippen molar-refractivity contribution >= 4 is 29.6 Å². The zero-order valence-electron chi connectivity index (χ0n) is 20.0. The Kier molecular flexibility index (Phi) is 6.11. The van der Waals surface area contributed by atoms with E-state index in [4.69, 9.17) is 0 Å². The normalized spacial score (nSPS) is 14.6. The fourth-order valence-electron chi connectivity index (χ4n) is 4.13. The van der Waals surface area contributed by atoms with Gasteiger partial charge in [-0.15, -0.1) is 0 Å². The molecule has 2 heterocycles. The van der Waals surface area contributed by atoms with Gasteiger partial charge in [-0.1, -0.05) is 18.2 Å². The van der Waals surface area contributed by atoms with E-state index in [2.05, 4.69) is 47.2 Å². The number of nitrogens with zero attached hydrogens (tertiary/aromatic N) is 2. The molecule has 0 aliphatic carbocycles. The van der Waals surface area contributed by atoms with Crippen LogP contribution in [0.15, 0.2) is 54.2 Å². The summed E-state index contributed by atoms with van der Waals surface area (Å²) in [6.07, 6.45) is 1.67. The van der Waals surface area contributed by atoms with Crippen molar-refractivity contribution in [1.29, 1.82) is 0 Å². The molecule has 1 aliphatic heterocycles. The predicted molar refractivity (Wildman–Crippen MR) is 133 cm³/mol. The first-order valence-electron chi connectivity index (χ1n) is 11.1. The highest BCUT2D eigenvalue weighted by atomic mass is 16.2. The molecule has 1 aliphatic rings. The molecule has 0 atom stereocenters. The molecule has 3 aromatic rings. The zero-order chi connectivity index (χ0) is 24.6. The standard InChI is InChI=1S/C27H28N4O3/c1-16-7-6-8-22(11-16)28-25(32)15-30-26(33)24(29-27(30)34)14-21-13-19(4)31(20(21)5)23-10-9-17(2)18(3)12-23/h6-14H,15H2,1-5H3,(H,28,32)(H,29,34)/b24-14+. The third kappa shape index (κ3) is 4.50. The summed E-state index contributed by atoms with van der Waals surface area (Å²) < 4.78 is 2.12. The number of carbonyl (C=O) groups is 3. The van der Waals surface area contributed by atoms with Crippen LogP contribution in [0.5, 0.6) is 0 Å². The van der Waals surface area contributed by atoms with Crippen molar-refractivity contribution < 1.29 is 14.4 Å². The van der Waals surface area contributed by atoms with Crippen LogP contribution in [0, 0.1) is 34.6 Å². The Morgan fingerprint density at radius 1 is 0.971 bits per heavy atom. The summed E-state index contributed by atoms with van der Waals surface area (Å²) in [5.74, 6) is -0.969. The second-order valence-electron chi connectivity index (χ2n) is 8.73. The highest BCUT2D eigenvalue weighted by Gasteiger charge is 2.35.